The number of thiazole rings is 1. The minimum absolute atomic E-state index is 0.422. The molecule has 19 heavy (non-hydrogen) atoms. The van der Waals surface area contributed by atoms with Crippen LogP contribution in [0.5, 0.6) is 5.75 Å². The summed E-state index contributed by atoms with van der Waals surface area (Å²) in [4.78, 5) is 6.18. The number of nitrogens with zero attached hydrogens (tertiary/aromatic N) is 1. The lowest BCUT2D eigenvalue weighted by Gasteiger charge is -2.19. The van der Waals surface area contributed by atoms with Crippen molar-refractivity contribution in [3.05, 3.63) is 45.9 Å². The summed E-state index contributed by atoms with van der Waals surface area (Å²) >= 11 is 1.80. The monoisotopic (exact) mass is 274 g/mol. The van der Waals surface area contributed by atoms with Gasteiger partial charge in [-0.3, -0.25) is 0 Å². The summed E-state index contributed by atoms with van der Waals surface area (Å²) in [5, 5.41) is 4.43. The quantitative estimate of drug-likeness (QED) is 0.928. The van der Waals surface area contributed by atoms with Gasteiger partial charge in [0.15, 0.2) is 0 Å². The molecule has 1 aliphatic carbocycles. The minimum Gasteiger partial charge on any atom is -0.486 e. The highest BCUT2D eigenvalue weighted by molar-refractivity contribution is 7.11. The van der Waals surface area contributed by atoms with Gasteiger partial charge in [0.2, 0.25) is 0 Å². The fourth-order valence-corrected chi connectivity index (χ4v) is 3.56. The van der Waals surface area contributed by atoms with Crippen LogP contribution >= 0.6 is 11.3 Å². The highest BCUT2D eigenvalue weighted by atomic mass is 32.1. The van der Waals surface area contributed by atoms with Crippen LogP contribution in [-0.2, 0) is 13.0 Å². The maximum Gasteiger partial charge on any atom is 0.140 e. The zero-order chi connectivity index (χ0) is 13.1. The molecule has 2 aromatic rings. The van der Waals surface area contributed by atoms with E-state index in [2.05, 4.69) is 5.32 Å². The number of ether oxygens (including phenoxy) is 1. The first kappa shape index (κ1) is 12.6. The Hall–Kier alpha value is -1.39. The van der Waals surface area contributed by atoms with Gasteiger partial charge >= 0.3 is 0 Å². The Bertz CT molecular complexity index is 538. The normalized spacial score (nSPS) is 18.1. The van der Waals surface area contributed by atoms with Gasteiger partial charge in [0.25, 0.3) is 0 Å². The molecule has 3 nitrogen and oxygen atoms in total. The predicted octanol–water partition coefficient (Wildman–Crippen LogP) is 3.32. The number of rotatable bonds is 4. The fraction of sp³-hybridized carbons (Fsp3) is 0.400. The maximum absolute atomic E-state index is 5.77. The lowest BCUT2D eigenvalue weighted by atomic mass is 9.98. The number of nitrogens with one attached hydrogen (secondary N) is 1. The van der Waals surface area contributed by atoms with E-state index in [1.54, 1.807) is 11.3 Å². The van der Waals surface area contributed by atoms with Crippen molar-refractivity contribution >= 4 is 11.3 Å². The Morgan fingerprint density at radius 1 is 1.37 bits per heavy atom. The van der Waals surface area contributed by atoms with Crippen molar-refractivity contribution in [2.24, 2.45) is 0 Å². The second-order valence-electron chi connectivity index (χ2n) is 4.75. The van der Waals surface area contributed by atoms with E-state index in [9.17, 15) is 0 Å². The molecule has 100 valence electrons. The molecule has 4 heteroatoms. The van der Waals surface area contributed by atoms with Crippen LogP contribution in [0.25, 0.3) is 0 Å². The van der Waals surface area contributed by atoms with Crippen molar-refractivity contribution in [2.45, 2.75) is 31.9 Å². The molecule has 0 fully saturated rings. The van der Waals surface area contributed by atoms with Crippen LogP contribution in [-0.4, -0.2) is 12.0 Å². The average Bonchev–Trinajstić information content (AvgIpc) is 2.89. The fourth-order valence-electron chi connectivity index (χ4n) is 2.47. The van der Waals surface area contributed by atoms with Gasteiger partial charge in [0.1, 0.15) is 17.4 Å². The second-order valence-corrected chi connectivity index (χ2v) is 5.92. The van der Waals surface area contributed by atoms with E-state index >= 15 is 0 Å². The first-order chi connectivity index (χ1) is 9.36. The largest absolute Gasteiger partial charge is 0.486 e. The highest BCUT2D eigenvalue weighted by Gasteiger charge is 2.23. The number of hydrogen-bond acceptors (Lipinski definition) is 4. The molecule has 1 unspecified atom stereocenters. The van der Waals surface area contributed by atoms with E-state index in [1.807, 2.05) is 37.4 Å². The van der Waals surface area contributed by atoms with Crippen LogP contribution in [0.4, 0.5) is 0 Å². The third-order valence-corrected chi connectivity index (χ3v) is 4.56. The Kier molecular flexibility index (Phi) is 3.80. The number of aromatic nitrogens is 1. The number of benzene rings is 1. The molecule has 0 saturated carbocycles. The van der Waals surface area contributed by atoms with Crippen molar-refractivity contribution in [1.82, 2.24) is 10.3 Å². The number of hydrogen-bond donors (Lipinski definition) is 1. The van der Waals surface area contributed by atoms with Crippen LogP contribution in [0.1, 0.15) is 34.5 Å². The van der Waals surface area contributed by atoms with E-state index in [0.29, 0.717) is 12.6 Å². The smallest absolute Gasteiger partial charge is 0.140 e. The molecule has 1 N–H and O–H groups in total. The number of para-hydroxylation sites is 1. The molecule has 0 spiro atoms. The van der Waals surface area contributed by atoms with Gasteiger partial charge < -0.3 is 10.1 Å². The van der Waals surface area contributed by atoms with Crippen LogP contribution in [0, 0.1) is 0 Å². The number of aryl methyl sites for hydroxylation is 1. The first-order valence-corrected chi connectivity index (χ1v) is 7.52. The molecule has 0 saturated heterocycles. The van der Waals surface area contributed by atoms with Gasteiger partial charge in [-0.25, -0.2) is 4.98 Å². The van der Waals surface area contributed by atoms with Crippen LogP contribution in [0.15, 0.2) is 30.3 Å². The lowest BCUT2D eigenvalue weighted by molar-refractivity contribution is 0.305. The van der Waals surface area contributed by atoms with Crippen LogP contribution in [0.3, 0.4) is 0 Å². The van der Waals surface area contributed by atoms with Crippen molar-refractivity contribution in [2.75, 3.05) is 7.05 Å². The molecule has 3 rings (SSSR count). The van der Waals surface area contributed by atoms with Crippen LogP contribution < -0.4 is 10.1 Å². The standard InChI is InChI=1S/C15H18N2OS/c1-16-12-8-5-9-13-15(12)17-14(19-13)10-18-11-6-3-2-4-7-11/h2-4,6-7,12,16H,5,8-10H2,1H3. The van der Waals surface area contributed by atoms with Gasteiger partial charge in [-0.1, -0.05) is 18.2 Å². The Labute approximate surface area is 117 Å². The first-order valence-electron chi connectivity index (χ1n) is 6.70. The molecule has 0 amide bonds. The Morgan fingerprint density at radius 3 is 3.00 bits per heavy atom. The summed E-state index contributed by atoms with van der Waals surface area (Å²) in [7, 11) is 2.01. The maximum atomic E-state index is 5.77. The molecule has 1 atom stereocenters. The Morgan fingerprint density at radius 2 is 2.21 bits per heavy atom. The third kappa shape index (κ3) is 2.80. The topological polar surface area (TPSA) is 34.1 Å². The summed E-state index contributed by atoms with van der Waals surface area (Å²) in [5.41, 5.74) is 1.24. The Balaban J connectivity index is 1.71. The van der Waals surface area contributed by atoms with E-state index in [1.165, 1.54) is 23.4 Å². The van der Waals surface area contributed by atoms with Crippen LogP contribution in [0.2, 0.25) is 0 Å². The van der Waals surface area contributed by atoms with Gasteiger partial charge in [0, 0.05) is 4.88 Å². The molecule has 0 aliphatic heterocycles. The summed E-state index contributed by atoms with van der Waals surface area (Å²) in [6, 6.07) is 10.3. The molecule has 1 aromatic carbocycles. The van der Waals surface area contributed by atoms with Crippen molar-refractivity contribution in [3.63, 3.8) is 0 Å². The summed E-state index contributed by atoms with van der Waals surface area (Å²) in [6.45, 7) is 0.568. The zero-order valence-electron chi connectivity index (χ0n) is 11.1. The third-order valence-electron chi connectivity index (χ3n) is 3.45. The van der Waals surface area contributed by atoms with Gasteiger partial charge in [-0.2, -0.15) is 0 Å². The van der Waals surface area contributed by atoms with Crippen molar-refractivity contribution in [1.29, 1.82) is 0 Å². The molecule has 1 aliphatic rings. The second kappa shape index (κ2) is 5.72. The predicted molar refractivity (Wildman–Crippen MR) is 77.6 cm³/mol. The SMILES string of the molecule is CNC1CCCc2sc(COc3ccccc3)nc21. The molecule has 1 aromatic heterocycles. The van der Waals surface area contributed by atoms with E-state index < -0.39 is 0 Å². The van der Waals surface area contributed by atoms with E-state index in [4.69, 9.17) is 9.72 Å². The molecule has 1 heterocycles. The van der Waals surface area contributed by atoms with Gasteiger partial charge in [-0.05, 0) is 38.4 Å². The van der Waals surface area contributed by atoms with Gasteiger partial charge in [-0.15, -0.1) is 11.3 Å². The zero-order valence-corrected chi connectivity index (χ0v) is 11.9. The average molecular weight is 274 g/mol. The lowest BCUT2D eigenvalue weighted by Crippen LogP contribution is -2.21. The van der Waals surface area contributed by atoms with E-state index in [0.717, 1.165) is 17.2 Å². The molecular weight excluding hydrogens is 256 g/mol. The minimum atomic E-state index is 0.422. The summed E-state index contributed by atoms with van der Waals surface area (Å²) < 4.78 is 5.77. The van der Waals surface area contributed by atoms with Crippen molar-refractivity contribution in [3.8, 4) is 5.75 Å². The molecule has 0 bridgehead atoms. The summed E-state index contributed by atoms with van der Waals surface area (Å²) in [6.07, 6.45) is 3.60. The van der Waals surface area contributed by atoms with Gasteiger partial charge in [0.05, 0.1) is 11.7 Å². The highest BCUT2D eigenvalue weighted by Crippen LogP contribution is 2.33. The number of fused-ring (bicyclic) bond motifs is 1. The molecule has 0 radical (unpaired) electrons. The van der Waals surface area contributed by atoms with Crippen molar-refractivity contribution < 1.29 is 4.74 Å². The molecular formula is C15H18N2OS. The van der Waals surface area contributed by atoms with E-state index in [-0.39, 0.29) is 0 Å². The summed E-state index contributed by atoms with van der Waals surface area (Å²) in [5.74, 6) is 0.904.